The Labute approximate surface area is 78.7 Å². The molecule has 0 amide bonds. The lowest BCUT2D eigenvalue weighted by molar-refractivity contribution is 1.01. The predicted molar refractivity (Wildman–Crippen MR) is 56.4 cm³/mol. The molecule has 0 saturated carbocycles. The summed E-state index contributed by atoms with van der Waals surface area (Å²) in [5.74, 6) is 0.507. The van der Waals surface area contributed by atoms with Gasteiger partial charge in [-0.1, -0.05) is 13.3 Å². The summed E-state index contributed by atoms with van der Waals surface area (Å²) in [4.78, 5) is 8.27. The van der Waals surface area contributed by atoms with Crippen LogP contribution in [0.5, 0.6) is 0 Å². The van der Waals surface area contributed by atoms with E-state index in [0.717, 1.165) is 24.1 Å². The van der Waals surface area contributed by atoms with Crippen molar-refractivity contribution in [2.45, 2.75) is 26.7 Å². The first kappa shape index (κ1) is 9.71. The molecule has 2 N–H and O–H groups in total. The molecule has 1 rings (SSSR count). The zero-order valence-corrected chi connectivity index (χ0v) is 8.12. The molecular formula is C10H15N3. The van der Waals surface area contributed by atoms with Gasteiger partial charge in [-0.25, -0.2) is 4.98 Å². The van der Waals surface area contributed by atoms with E-state index >= 15 is 0 Å². The molecule has 0 atom stereocenters. The fraction of sp³-hybridized carbons (Fsp3) is 0.400. The van der Waals surface area contributed by atoms with Gasteiger partial charge in [0.05, 0.1) is 0 Å². The quantitative estimate of drug-likeness (QED) is 0.721. The van der Waals surface area contributed by atoms with Crippen LogP contribution in [0.4, 0.5) is 11.5 Å². The molecule has 0 fully saturated rings. The lowest BCUT2D eigenvalue weighted by Crippen LogP contribution is -1.91. The zero-order chi connectivity index (χ0) is 9.68. The first-order chi connectivity index (χ1) is 6.25. The van der Waals surface area contributed by atoms with Crippen molar-refractivity contribution in [3.05, 3.63) is 17.8 Å². The van der Waals surface area contributed by atoms with Gasteiger partial charge in [0.2, 0.25) is 0 Å². The van der Waals surface area contributed by atoms with E-state index < -0.39 is 0 Å². The summed E-state index contributed by atoms with van der Waals surface area (Å²) in [6, 6.07) is 1.91. The largest absolute Gasteiger partial charge is 0.382 e. The minimum atomic E-state index is 0.507. The molecule has 0 spiro atoms. The summed E-state index contributed by atoms with van der Waals surface area (Å²) in [6.07, 6.45) is 5.67. The van der Waals surface area contributed by atoms with Crippen molar-refractivity contribution in [2.24, 2.45) is 4.99 Å². The lowest BCUT2D eigenvalue weighted by Gasteiger charge is -2.01. The van der Waals surface area contributed by atoms with Gasteiger partial charge in [-0.05, 0) is 25.0 Å². The van der Waals surface area contributed by atoms with E-state index in [1.165, 1.54) is 0 Å². The molecule has 0 aliphatic rings. The SMILES string of the molecule is CCCC=Nc1c(C)ccnc1N. The minimum absolute atomic E-state index is 0.507. The lowest BCUT2D eigenvalue weighted by atomic mass is 10.2. The van der Waals surface area contributed by atoms with Gasteiger partial charge in [-0.3, -0.25) is 4.99 Å². The number of aryl methyl sites for hydroxylation is 1. The Bertz CT molecular complexity index is 285. The number of nitrogens with two attached hydrogens (primary N) is 1. The second-order valence-electron chi connectivity index (χ2n) is 2.96. The van der Waals surface area contributed by atoms with Gasteiger partial charge in [0.1, 0.15) is 11.5 Å². The summed E-state index contributed by atoms with van der Waals surface area (Å²) >= 11 is 0. The standard InChI is InChI=1S/C10H15N3/c1-3-4-6-12-9-8(2)5-7-13-10(9)11/h5-7H,3-4H2,1-2H3,(H2,11,13). The highest BCUT2D eigenvalue weighted by molar-refractivity contribution is 5.70. The number of hydrogen-bond acceptors (Lipinski definition) is 3. The zero-order valence-electron chi connectivity index (χ0n) is 8.12. The Morgan fingerprint density at radius 1 is 1.62 bits per heavy atom. The van der Waals surface area contributed by atoms with E-state index in [9.17, 15) is 0 Å². The van der Waals surface area contributed by atoms with Crippen molar-refractivity contribution in [1.82, 2.24) is 4.98 Å². The molecule has 0 radical (unpaired) electrons. The maximum absolute atomic E-state index is 5.68. The summed E-state index contributed by atoms with van der Waals surface area (Å²) in [5.41, 5.74) is 7.55. The number of pyridine rings is 1. The van der Waals surface area contributed by atoms with Gasteiger partial charge in [-0.15, -0.1) is 0 Å². The van der Waals surface area contributed by atoms with E-state index in [0.29, 0.717) is 5.82 Å². The van der Waals surface area contributed by atoms with E-state index in [-0.39, 0.29) is 0 Å². The number of aliphatic imine (C=N–C) groups is 1. The van der Waals surface area contributed by atoms with Crippen molar-refractivity contribution >= 4 is 17.7 Å². The molecule has 13 heavy (non-hydrogen) atoms. The number of hydrogen-bond donors (Lipinski definition) is 1. The molecule has 70 valence electrons. The van der Waals surface area contributed by atoms with E-state index in [1.807, 2.05) is 19.2 Å². The Kier molecular flexibility index (Phi) is 3.43. The normalized spacial score (nSPS) is 10.9. The van der Waals surface area contributed by atoms with Crippen LogP contribution in [0.2, 0.25) is 0 Å². The summed E-state index contributed by atoms with van der Waals surface area (Å²) in [6.45, 7) is 4.10. The van der Waals surface area contributed by atoms with Crippen LogP contribution in [0.3, 0.4) is 0 Å². The molecular weight excluding hydrogens is 162 g/mol. The van der Waals surface area contributed by atoms with Crippen LogP contribution in [0, 0.1) is 6.92 Å². The van der Waals surface area contributed by atoms with Crippen molar-refractivity contribution in [3.63, 3.8) is 0 Å². The van der Waals surface area contributed by atoms with Crippen LogP contribution in [-0.4, -0.2) is 11.2 Å². The van der Waals surface area contributed by atoms with Gasteiger partial charge >= 0.3 is 0 Å². The number of nitrogens with zero attached hydrogens (tertiary/aromatic N) is 2. The third-order valence-corrected chi connectivity index (χ3v) is 1.79. The summed E-state index contributed by atoms with van der Waals surface area (Å²) in [7, 11) is 0. The number of anilines is 1. The molecule has 1 heterocycles. The van der Waals surface area contributed by atoms with Crippen LogP contribution < -0.4 is 5.73 Å². The molecule has 0 bridgehead atoms. The molecule has 3 heteroatoms. The third-order valence-electron chi connectivity index (χ3n) is 1.79. The van der Waals surface area contributed by atoms with Gasteiger partial charge in [0.15, 0.2) is 0 Å². The summed E-state index contributed by atoms with van der Waals surface area (Å²) in [5, 5.41) is 0. The molecule has 0 saturated heterocycles. The monoisotopic (exact) mass is 177 g/mol. The molecule has 0 aliphatic heterocycles. The number of nitrogen functional groups attached to an aromatic ring is 1. The van der Waals surface area contributed by atoms with Gasteiger partial charge in [0.25, 0.3) is 0 Å². The molecule has 0 unspecified atom stereocenters. The molecule has 0 aromatic carbocycles. The van der Waals surface area contributed by atoms with Crippen molar-refractivity contribution < 1.29 is 0 Å². The highest BCUT2D eigenvalue weighted by atomic mass is 14.9. The van der Waals surface area contributed by atoms with Crippen molar-refractivity contribution in [3.8, 4) is 0 Å². The second-order valence-corrected chi connectivity index (χ2v) is 2.96. The van der Waals surface area contributed by atoms with Crippen LogP contribution >= 0.6 is 0 Å². The first-order valence-corrected chi connectivity index (χ1v) is 4.49. The van der Waals surface area contributed by atoms with Gasteiger partial charge in [-0.2, -0.15) is 0 Å². The number of rotatable bonds is 3. The van der Waals surface area contributed by atoms with Crippen molar-refractivity contribution in [1.29, 1.82) is 0 Å². The fourth-order valence-corrected chi connectivity index (χ4v) is 1.02. The molecule has 1 aromatic rings. The fourth-order valence-electron chi connectivity index (χ4n) is 1.02. The minimum Gasteiger partial charge on any atom is -0.382 e. The number of unbranched alkanes of at least 4 members (excludes halogenated alkanes) is 1. The van der Waals surface area contributed by atoms with Crippen LogP contribution in [0.1, 0.15) is 25.3 Å². The van der Waals surface area contributed by atoms with E-state index in [2.05, 4.69) is 16.9 Å². The van der Waals surface area contributed by atoms with E-state index in [1.54, 1.807) is 6.20 Å². The topological polar surface area (TPSA) is 51.3 Å². The maximum atomic E-state index is 5.68. The van der Waals surface area contributed by atoms with Crippen LogP contribution in [0.25, 0.3) is 0 Å². The van der Waals surface area contributed by atoms with Gasteiger partial charge in [0, 0.05) is 12.4 Å². The molecule has 0 aliphatic carbocycles. The highest BCUT2D eigenvalue weighted by Gasteiger charge is 1.99. The average molecular weight is 177 g/mol. The first-order valence-electron chi connectivity index (χ1n) is 4.49. The van der Waals surface area contributed by atoms with Crippen LogP contribution in [0.15, 0.2) is 17.3 Å². The van der Waals surface area contributed by atoms with E-state index in [4.69, 9.17) is 5.73 Å². The number of aromatic nitrogens is 1. The Balaban J connectivity index is 2.87. The predicted octanol–water partition coefficient (Wildman–Crippen LogP) is 2.47. The Morgan fingerprint density at radius 3 is 3.00 bits per heavy atom. The Morgan fingerprint density at radius 2 is 2.38 bits per heavy atom. The molecule has 1 aromatic heterocycles. The summed E-state index contributed by atoms with van der Waals surface area (Å²) < 4.78 is 0. The second kappa shape index (κ2) is 4.60. The maximum Gasteiger partial charge on any atom is 0.149 e. The third kappa shape index (κ3) is 2.54. The van der Waals surface area contributed by atoms with Crippen molar-refractivity contribution in [2.75, 3.05) is 5.73 Å². The molecule has 3 nitrogen and oxygen atoms in total. The van der Waals surface area contributed by atoms with Crippen LogP contribution in [-0.2, 0) is 0 Å². The Hall–Kier alpha value is -1.38. The highest BCUT2D eigenvalue weighted by Crippen LogP contribution is 2.22. The average Bonchev–Trinajstić information content (AvgIpc) is 2.10. The van der Waals surface area contributed by atoms with Gasteiger partial charge < -0.3 is 5.73 Å². The smallest absolute Gasteiger partial charge is 0.149 e.